The summed E-state index contributed by atoms with van der Waals surface area (Å²) in [6.07, 6.45) is 3.37. The SMILES string of the molecule is CNC(c1ccc2c(c1)CCC2)c1cc(F)c(C)cc1F. The fraction of sp³-hybridized carbons (Fsp3) is 0.333. The number of hydrogen-bond acceptors (Lipinski definition) is 1. The maximum atomic E-state index is 14.2. The van der Waals surface area contributed by atoms with Crippen molar-refractivity contribution in [1.82, 2.24) is 5.32 Å². The summed E-state index contributed by atoms with van der Waals surface area (Å²) in [7, 11) is 1.77. The molecule has 0 radical (unpaired) electrons. The van der Waals surface area contributed by atoms with Crippen molar-refractivity contribution in [3.8, 4) is 0 Å². The molecule has 1 unspecified atom stereocenters. The van der Waals surface area contributed by atoms with Gasteiger partial charge in [0.05, 0.1) is 6.04 Å². The van der Waals surface area contributed by atoms with E-state index in [2.05, 4.69) is 17.4 Å². The highest BCUT2D eigenvalue weighted by Gasteiger charge is 2.20. The Morgan fingerprint density at radius 2 is 1.76 bits per heavy atom. The van der Waals surface area contributed by atoms with E-state index in [0.29, 0.717) is 11.1 Å². The lowest BCUT2D eigenvalue weighted by Gasteiger charge is -2.19. The van der Waals surface area contributed by atoms with Crippen LogP contribution >= 0.6 is 0 Å². The Balaban J connectivity index is 2.04. The van der Waals surface area contributed by atoms with Crippen molar-refractivity contribution in [2.75, 3.05) is 7.05 Å². The van der Waals surface area contributed by atoms with E-state index in [0.717, 1.165) is 18.4 Å². The fourth-order valence-corrected chi connectivity index (χ4v) is 3.16. The zero-order chi connectivity index (χ0) is 15.0. The molecule has 0 aliphatic heterocycles. The second kappa shape index (κ2) is 5.57. The van der Waals surface area contributed by atoms with Crippen molar-refractivity contribution in [2.45, 2.75) is 32.2 Å². The third-order valence-electron chi connectivity index (χ3n) is 4.33. The molecule has 2 aromatic rings. The number of nitrogens with one attached hydrogen (secondary N) is 1. The van der Waals surface area contributed by atoms with Gasteiger partial charge in [0.2, 0.25) is 0 Å². The van der Waals surface area contributed by atoms with Crippen LogP contribution in [0.15, 0.2) is 30.3 Å². The topological polar surface area (TPSA) is 12.0 Å². The number of rotatable bonds is 3. The van der Waals surface area contributed by atoms with Crippen LogP contribution in [0.1, 0.15) is 40.3 Å². The first-order chi connectivity index (χ1) is 10.1. The Morgan fingerprint density at radius 1 is 1.00 bits per heavy atom. The first kappa shape index (κ1) is 14.2. The molecule has 1 aliphatic rings. The Hall–Kier alpha value is -1.74. The Kier molecular flexibility index (Phi) is 3.77. The van der Waals surface area contributed by atoms with Gasteiger partial charge in [-0.1, -0.05) is 18.2 Å². The highest BCUT2D eigenvalue weighted by molar-refractivity contribution is 5.41. The first-order valence-electron chi connectivity index (χ1n) is 7.34. The predicted molar refractivity (Wildman–Crippen MR) is 80.5 cm³/mol. The summed E-state index contributed by atoms with van der Waals surface area (Å²) in [6, 6.07) is 8.50. The molecule has 3 rings (SSSR count). The summed E-state index contributed by atoms with van der Waals surface area (Å²) in [5, 5.41) is 3.11. The third-order valence-corrected chi connectivity index (χ3v) is 4.33. The van der Waals surface area contributed by atoms with Crippen LogP contribution in [0.25, 0.3) is 0 Å². The van der Waals surface area contributed by atoms with Crippen molar-refractivity contribution in [3.63, 3.8) is 0 Å². The van der Waals surface area contributed by atoms with Gasteiger partial charge in [0.1, 0.15) is 11.6 Å². The number of fused-ring (bicyclic) bond motifs is 1. The highest BCUT2D eigenvalue weighted by Crippen LogP contribution is 2.30. The molecule has 0 saturated heterocycles. The maximum absolute atomic E-state index is 14.2. The van der Waals surface area contributed by atoms with Gasteiger partial charge >= 0.3 is 0 Å². The highest BCUT2D eigenvalue weighted by atomic mass is 19.1. The minimum absolute atomic E-state index is 0.328. The lowest BCUT2D eigenvalue weighted by molar-refractivity contribution is 0.553. The van der Waals surface area contributed by atoms with Gasteiger partial charge in [-0.25, -0.2) is 8.78 Å². The smallest absolute Gasteiger partial charge is 0.128 e. The van der Waals surface area contributed by atoms with Gasteiger partial charge in [0.25, 0.3) is 0 Å². The number of hydrogen-bond donors (Lipinski definition) is 1. The molecule has 1 atom stereocenters. The molecular weight excluding hydrogens is 268 g/mol. The average molecular weight is 287 g/mol. The second-order valence-corrected chi connectivity index (χ2v) is 5.73. The van der Waals surface area contributed by atoms with Crippen molar-refractivity contribution in [2.24, 2.45) is 0 Å². The summed E-state index contributed by atoms with van der Waals surface area (Å²) in [4.78, 5) is 0. The molecule has 3 heteroatoms. The van der Waals surface area contributed by atoms with Gasteiger partial charge in [-0.2, -0.15) is 0 Å². The van der Waals surface area contributed by atoms with Gasteiger partial charge in [-0.15, -0.1) is 0 Å². The van der Waals surface area contributed by atoms with Crippen LogP contribution < -0.4 is 5.32 Å². The van der Waals surface area contributed by atoms with E-state index in [1.54, 1.807) is 14.0 Å². The Morgan fingerprint density at radius 3 is 2.52 bits per heavy atom. The van der Waals surface area contributed by atoms with Crippen LogP contribution in [0.4, 0.5) is 8.78 Å². The molecule has 0 aromatic heterocycles. The molecule has 21 heavy (non-hydrogen) atoms. The second-order valence-electron chi connectivity index (χ2n) is 5.73. The van der Waals surface area contributed by atoms with Crippen LogP contribution in [0.5, 0.6) is 0 Å². The number of halogens is 2. The normalized spacial score (nSPS) is 15.0. The summed E-state index contributed by atoms with van der Waals surface area (Å²) in [5.74, 6) is -0.735. The van der Waals surface area contributed by atoms with Crippen LogP contribution in [0, 0.1) is 18.6 Å². The van der Waals surface area contributed by atoms with Crippen LogP contribution in [-0.2, 0) is 12.8 Å². The van der Waals surface area contributed by atoms with Crippen molar-refractivity contribution in [3.05, 3.63) is 69.8 Å². The zero-order valence-corrected chi connectivity index (χ0v) is 12.3. The molecule has 110 valence electrons. The molecule has 0 saturated carbocycles. The minimum atomic E-state index is -0.368. The lowest BCUT2D eigenvalue weighted by Crippen LogP contribution is -2.19. The van der Waals surface area contributed by atoms with E-state index in [-0.39, 0.29) is 17.7 Å². The predicted octanol–water partition coefficient (Wildman–Crippen LogP) is 4.07. The van der Waals surface area contributed by atoms with Gasteiger partial charge in [-0.05, 0) is 67.6 Å². The molecule has 1 aliphatic carbocycles. The quantitative estimate of drug-likeness (QED) is 0.897. The molecule has 0 amide bonds. The lowest BCUT2D eigenvalue weighted by atomic mass is 9.94. The molecule has 1 nitrogen and oxygen atoms in total. The van der Waals surface area contributed by atoms with Crippen molar-refractivity contribution in [1.29, 1.82) is 0 Å². The van der Waals surface area contributed by atoms with Crippen LogP contribution in [-0.4, -0.2) is 7.05 Å². The molecular formula is C18H19F2N. The molecule has 0 heterocycles. The number of benzene rings is 2. The van der Waals surface area contributed by atoms with Crippen molar-refractivity contribution >= 4 is 0 Å². The molecule has 2 aromatic carbocycles. The van der Waals surface area contributed by atoms with E-state index in [4.69, 9.17) is 0 Å². The average Bonchev–Trinajstić information content (AvgIpc) is 2.92. The molecule has 0 fully saturated rings. The Bertz CT molecular complexity index is 679. The summed E-state index contributed by atoms with van der Waals surface area (Å²) in [6.45, 7) is 1.58. The fourth-order valence-electron chi connectivity index (χ4n) is 3.16. The first-order valence-corrected chi connectivity index (χ1v) is 7.34. The Labute approximate surface area is 124 Å². The van der Waals surface area contributed by atoms with Gasteiger partial charge < -0.3 is 5.32 Å². The van der Waals surface area contributed by atoms with Crippen molar-refractivity contribution < 1.29 is 8.78 Å². The number of aryl methyl sites for hydroxylation is 3. The summed E-state index contributed by atoms with van der Waals surface area (Å²) >= 11 is 0. The van der Waals surface area contributed by atoms with Gasteiger partial charge in [0, 0.05) is 5.56 Å². The molecule has 0 bridgehead atoms. The van der Waals surface area contributed by atoms with E-state index in [1.807, 2.05) is 6.07 Å². The van der Waals surface area contributed by atoms with Crippen LogP contribution in [0.3, 0.4) is 0 Å². The van der Waals surface area contributed by atoms with E-state index in [9.17, 15) is 8.78 Å². The van der Waals surface area contributed by atoms with E-state index >= 15 is 0 Å². The maximum Gasteiger partial charge on any atom is 0.128 e. The molecule has 0 spiro atoms. The zero-order valence-electron chi connectivity index (χ0n) is 12.3. The van der Waals surface area contributed by atoms with Gasteiger partial charge in [0.15, 0.2) is 0 Å². The summed E-state index contributed by atoms with van der Waals surface area (Å²) in [5.41, 5.74) is 4.39. The van der Waals surface area contributed by atoms with Crippen LogP contribution in [0.2, 0.25) is 0 Å². The van der Waals surface area contributed by atoms with E-state index < -0.39 is 0 Å². The minimum Gasteiger partial charge on any atom is -0.309 e. The molecule has 1 N–H and O–H groups in total. The largest absolute Gasteiger partial charge is 0.309 e. The standard InChI is InChI=1S/C18H19F2N/c1-11-8-17(20)15(10-16(11)19)18(21-2)14-7-6-12-4-3-5-13(12)9-14/h6-10,18,21H,3-5H2,1-2H3. The van der Waals surface area contributed by atoms with E-state index in [1.165, 1.54) is 29.7 Å². The summed E-state index contributed by atoms with van der Waals surface area (Å²) < 4.78 is 28.0. The van der Waals surface area contributed by atoms with Gasteiger partial charge in [-0.3, -0.25) is 0 Å². The third kappa shape index (κ3) is 2.58. The monoisotopic (exact) mass is 287 g/mol.